The Balaban J connectivity index is 2.79. The highest BCUT2D eigenvalue weighted by Gasteiger charge is 2.37. The lowest BCUT2D eigenvalue weighted by Gasteiger charge is -2.32. The number of amides is 1. The van der Waals surface area contributed by atoms with Gasteiger partial charge in [0.15, 0.2) is 0 Å². The Kier molecular flexibility index (Phi) is 3.71. The van der Waals surface area contributed by atoms with E-state index in [2.05, 4.69) is 0 Å². The number of likely N-dealkylation sites (tertiary alicyclic amines) is 1. The first-order valence-electron chi connectivity index (χ1n) is 5.50. The van der Waals surface area contributed by atoms with Gasteiger partial charge < -0.3 is 10.6 Å². The lowest BCUT2D eigenvalue weighted by molar-refractivity contribution is -0.140. The van der Waals surface area contributed by atoms with Crippen molar-refractivity contribution in [2.75, 3.05) is 6.54 Å². The first-order chi connectivity index (χ1) is 6.90. The van der Waals surface area contributed by atoms with Gasteiger partial charge in [0.2, 0.25) is 5.91 Å². The van der Waals surface area contributed by atoms with E-state index in [1.54, 1.807) is 0 Å². The number of thiocarbonyl (C=S) groups is 1. The van der Waals surface area contributed by atoms with Gasteiger partial charge in [0.25, 0.3) is 0 Å². The van der Waals surface area contributed by atoms with Crippen LogP contribution in [0.25, 0.3) is 0 Å². The zero-order valence-electron chi connectivity index (χ0n) is 9.75. The summed E-state index contributed by atoms with van der Waals surface area (Å²) in [7, 11) is 0. The van der Waals surface area contributed by atoms with Crippen LogP contribution in [0.1, 0.15) is 40.0 Å². The lowest BCUT2D eigenvalue weighted by atomic mass is 9.88. The van der Waals surface area contributed by atoms with Gasteiger partial charge in [-0.2, -0.15) is 0 Å². The zero-order valence-corrected chi connectivity index (χ0v) is 10.6. The van der Waals surface area contributed by atoms with Crippen LogP contribution in [0.4, 0.5) is 0 Å². The van der Waals surface area contributed by atoms with Crippen LogP contribution < -0.4 is 5.73 Å². The molecular weight excluding hydrogens is 208 g/mol. The minimum absolute atomic E-state index is 0.0154. The third-order valence-electron chi connectivity index (χ3n) is 3.30. The van der Waals surface area contributed by atoms with E-state index >= 15 is 0 Å². The molecule has 4 heteroatoms. The van der Waals surface area contributed by atoms with Crippen LogP contribution in [0, 0.1) is 5.41 Å². The van der Waals surface area contributed by atoms with Crippen LogP contribution in [0.2, 0.25) is 0 Å². The summed E-state index contributed by atoms with van der Waals surface area (Å²) in [6.45, 7) is 6.78. The van der Waals surface area contributed by atoms with Crippen molar-refractivity contribution < 1.29 is 4.79 Å². The van der Waals surface area contributed by atoms with E-state index in [0.29, 0.717) is 4.99 Å². The molecule has 0 aliphatic carbocycles. The van der Waals surface area contributed by atoms with Crippen LogP contribution in [0.3, 0.4) is 0 Å². The van der Waals surface area contributed by atoms with Crippen LogP contribution in [-0.4, -0.2) is 28.4 Å². The minimum atomic E-state index is -0.298. The van der Waals surface area contributed by atoms with E-state index in [1.165, 1.54) is 0 Å². The van der Waals surface area contributed by atoms with Gasteiger partial charge in [-0.15, -0.1) is 0 Å². The SMILES string of the molecule is CCC(C)(C)C(=O)N1CCCC1C(N)=S. The van der Waals surface area contributed by atoms with Gasteiger partial charge in [-0.3, -0.25) is 4.79 Å². The highest BCUT2D eigenvalue weighted by Crippen LogP contribution is 2.28. The number of carbonyl (C=O) groups is 1. The Labute approximate surface area is 97.0 Å². The van der Waals surface area contributed by atoms with E-state index in [9.17, 15) is 4.79 Å². The molecule has 1 atom stereocenters. The molecule has 1 amide bonds. The minimum Gasteiger partial charge on any atom is -0.392 e. The Morgan fingerprint density at radius 1 is 1.60 bits per heavy atom. The molecule has 1 unspecified atom stereocenters. The standard InChI is InChI=1S/C11H20N2OS/c1-4-11(2,3)10(14)13-7-5-6-8(13)9(12)15/h8H,4-7H2,1-3H3,(H2,12,15). The summed E-state index contributed by atoms with van der Waals surface area (Å²) in [4.78, 5) is 14.5. The molecule has 1 aliphatic rings. The summed E-state index contributed by atoms with van der Waals surface area (Å²) in [6.07, 6.45) is 2.76. The van der Waals surface area contributed by atoms with Gasteiger partial charge in [-0.25, -0.2) is 0 Å². The molecule has 86 valence electrons. The largest absolute Gasteiger partial charge is 0.392 e. The molecule has 0 aromatic heterocycles. The van der Waals surface area contributed by atoms with Crippen molar-refractivity contribution in [3.05, 3.63) is 0 Å². The van der Waals surface area contributed by atoms with Crippen molar-refractivity contribution >= 4 is 23.1 Å². The number of nitrogens with zero attached hydrogens (tertiary/aromatic N) is 1. The summed E-state index contributed by atoms with van der Waals surface area (Å²) in [6, 6.07) is -0.0154. The van der Waals surface area contributed by atoms with Gasteiger partial charge in [0, 0.05) is 12.0 Å². The Morgan fingerprint density at radius 2 is 2.20 bits per heavy atom. The van der Waals surface area contributed by atoms with Crippen molar-refractivity contribution in [1.29, 1.82) is 0 Å². The number of hydrogen-bond acceptors (Lipinski definition) is 2. The Bertz CT molecular complexity index is 276. The molecule has 1 aliphatic heterocycles. The maximum atomic E-state index is 12.2. The van der Waals surface area contributed by atoms with E-state index in [4.69, 9.17) is 18.0 Å². The second-order valence-corrected chi connectivity index (χ2v) is 5.27. The van der Waals surface area contributed by atoms with E-state index in [-0.39, 0.29) is 17.4 Å². The Hall–Kier alpha value is -0.640. The third-order valence-corrected chi connectivity index (χ3v) is 3.58. The molecule has 0 radical (unpaired) electrons. The molecule has 0 bridgehead atoms. The highest BCUT2D eigenvalue weighted by atomic mass is 32.1. The molecular formula is C11H20N2OS. The molecule has 2 N–H and O–H groups in total. The zero-order chi connectivity index (χ0) is 11.6. The fraction of sp³-hybridized carbons (Fsp3) is 0.818. The van der Waals surface area contributed by atoms with Crippen molar-refractivity contribution in [1.82, 2.24) is 4.90 Å². The quantitative estimate of drug-likeness (QED) is 0.748. The molecule has 0 saturated carbocycles. The fourth-order valence-corrected chi connectivity index (χ4v) is 2.09. The second kappa shape index (κ2) is 4.47. The second-order valence-electron chi connectivity index (χ2n) is 4.80. The molecule has 0 aromatic carbocycles. The van der Waals surface area contributed by atoms with Crippen molar-refractivity contribution in [3.63, 3.8) is 0 Å². The molecule has 0 spiro atoms. The normalized spacial score (nSPS) is 21.8. The number of nitrogens with two attached hydrogens (primary N) is 1. The van der Waals surface area contributed by atoms with E-state index < -0.39 is 0 Å². The topological polar surface area (TPSA) is 46.3 Å². The molecule has 3 nitrogen and oxygen atoms in total. The summed E-state index contributed by atoms with van der Waals surface area (Å²) < 4.78 is 0. The first kappa shape index (κ1) is 12.4. The monoisotopic (exact) mass is 228 g/mol. The lowest BCUT2D eigenvalue weighted by Crippen LogP contribution is -2.47. The van der Waals surface area contributed by atoms with Gasteiger partial charge in [0.05, 0.1) is 11.0 Å². The number of hydrogen-bond donors (Lipinski definition) is 1. The smallest absolute Gasteiger partial charge is 0.228 e. The van der Waals surface area contributed by atoms with E-state index in [1.807, 2.05) is 25.7 Å². The maximum absolute atomic E-state index is 12.2. The third kappa shape index (κ3) is 2.48. The fourth-order valence-electron chi connectivity index (χ4n) is 1.85. The van der Waals surface area contributed by atoms with Crippen LogP contribution >= 0.6 is 12.2 Å². The van der Waals surface area contributed by atoms with Crippen molar-refractivity contribution in [3.8, 4) is 0 Å². The molecule has 0 aromatic rings. The van der Waals surface area contributed by atoms with Crippen molar-refractivity contribution in [2.45, 2.75) is 46.1 Å². The number of rotatable bonds is 3. The molecule has 1 saturated heterocycles. The van der Waals surface area contributed by atoms with Crippen LogP contribution in [-0.2, 0) is 4.79 Å². The molecule has 1 heterocycles. The van der Waals surface area contributed by atoms with E-state index in [0.717, 1.165) is 25.8 Å². The maximum Gasteiger partial charge on any atom is 0.228 e. The summed E-state index contributed by atoms with van der Waals surface area (Å²) in [5, 5.41) is 0. The van der Waals surface area contributed by atoms with Gasteiger partial charge >= 0.3 is 0 Å². The van der Waals surface area contributed by atoms with Crippen LogP contribution in [0.5, 0.6) is 0 Å². The Morgan fingerprint density at radius 3 is 2.67 bits per heavy atom. The highest BCUT2D eigenvalue weighted by molar-refractivity contribution is 7.80. The predicted molar refractivity (Wildman–Crippen MR) is 65.6 cm³/mol. The molecule has 15 heavy (non-hydrogen) atoms. The van der Waals surface area contributed by atoms with Crippen molar-refractivity contribution in [2.24, 2.45) is 11.1 Å². The average Bonchev–Trinajstić information content (AvgIpc) is 2.64. The first-order valence-corrected chi connectivity index (χ1v) is 5.91. The summed E-state index contributed by atoms with van der Waals surface area (Å²) in [5.74, 6) is 0.181. The molecule has 1 rings (SSSR count). The number of carbonyl (C=O) groups excluding carboxylic acids is 1. The van der Waals surface area contributed by atoms with Gasteiger partial charge in [-0.1, -0.05) is 33.0 Å². The predicted octanol–water partition coefficient (Wildman–Crippen LogP) is 1.70. The van der Waals surface area contributed by atoms with Crippen LogP contribution in [0.15, 0.2) is 0 Å². The van der Waals surface area contributed by atoms with Gasteiger partial charge in [-0.05, 0) is 19.3 Å². The average molecular weight is 228 g/mol. The molecule has 1 fully saturated rings. The van der Waals surface area contributed by atoms with Gasteiger partial charge in [0.1, 0.15) is 0 Å². The summed E-state index contributed by atoms with van der Waals surface area (Å²) >= 11 is 4.99. The summed E-state index contributed by atoms with van der Waals surface area (Å²) in [5.41, 5.74) is 5.35.